The normalized spacial score (nSPS) is 13.0. The van der Waals surface area contributed by atoms with Crippen LogP contribution in [0.15, 0.2) is 59.5 Å². The van der Waals surface area contributed by atoms with Crippen molar-refractivity contribution in [1.82, 2.24) is 9.62 Å². The van der Waals surface area contributed by atoms with Gasteiger partial charge in [-0.15, -0.1) is 0 Å². The maximum absolute atomic E-state index is 13.0. The fourth-order valence-electron chi connectivity index (χ4n) is 2.73. The van der Waals surface area contributed by atoms with Crippen molar-refractivity contribution in [3.8, 4) is 0 Å². The summed E-state index contributed by atoms with van der Waals surface area (Å²) >= 11 is 0. The third-order valence-corrected chi connectivity index (χ3v) is 6.44. The molecule has 0 saturated heterocycles. The van der Waals surface area contributed by atoms with Gasteiger partial charge in [0.2, 0.25) is 15.9 Å². The second-order valence-corrected chi connectivity index (χ2v) is 8.21. The number of amides is 1. The molecule has 1 N–H and O–H groups in total. The Hall–Kier alpha value is -2.51. The summed E-state index contributed by atoms with van der Waals surface area (Å²) in [6.07, 6.45) is 2.99. The summed E-state index contributed by atoms with van der Waals surface area (Å²) in [6.45, 7) is 6.22. The van der Waals surface area contributed by atoms with Crippen LogP contribution in [0.2, 0.25) is 0 Å². The standard InChI is InChI=1S/C21H25FN2O3S/c1-4-24(5-2)28(26,27)20-13-6-17(7-14-20)8-15-21(25)23-16(3)18-9-11-19(22)12-10-18/h6-16H,4-5H2,1-3H3,(H,23,25)/b15-8+/t16-/m1/s1. The fraction of sp³-hybridized carbons (Fsp3) is 0.286. The summed E-state index contributed by atoms with van der Waals surface area (Å²) in [4.78, 5) is 12.3. The van der Waals surface area contributed by atoms with E-state index in [-0.39, 0.29) is 22.7 Å². The van der Waals surface area contributed by atoms with E-state index in [0.29, 0.717) is 18.7 Å². The Balaban J connectivity index is 2.02. The van der Waals surface area contributed by atoms with Gasteiger partial charge in [-0.1, -0.05) is 38.1 Å². The molecule has 0 saturated carbocycles. The molecule has 2 rings (SSSR count). The van der Waals surface area contributed by atoms with E-state index in [9.17, 15) is 17.6 Å². The molecule has 0 heterocycles. The van der Waals surface area contributed by atoms with Gasteiger partial charge in [-0.05, 0) is 48.4 Å². The molecule has 0 unspecified atom stereocenters. The van der Waals surface area contributed by atoms with E-state index >= 15 is 0 Å². The number of carbonyl (C=O) groups is 1. The number of hydrogen-bond acceptors (Lipinski definition) is 3. The minimum atomic E-state index is -3.50. The first-order chi connectivity index (χ1) is 13.3. The molecular formula is C21H25FN2O3S. The Morgan fingerprint density at radius 3 is 2.18 bits per heavy atom. The number of sulfonamides is 1. The van der Waals surface area contributed by atoms with Crippen LogP contribution in [0.1, 0.15) is 37.9 Å². The molecule has 0 aliphatic carbocycles. The van der Waals surface area contributed by atoms with Crippen molar-refractivity contribution in [2.45, 2.75) is 31.7 Å². The van der Waals surface area contributed by atoms with Gasteiger partial charge < -0.3 is 5.32 Å². The van der Waals surface area contributed by atoms with Crippen LogP contribution >= 0.6 is 0 Å². The molecule has 2 aromatic rings. The molecule has 2 aromatic carbocycles. The maximum atomic E-state index is 13.0. The van der Waals surface area contributed by atoms with Crippen molar-refractivity contribution in [3.05, 3.63) is 71.6 Å². The van der Waals surface area contributed by atoms with Crippen molar-refractivity contribution in [2.24, 2.45) is 0 Å². The van der Waals surface area contributed by atoms with E-state index in [0.717, 1.165) is 5.56 Å². The van der Waals surface area contributed by atoms with E-state index in [1.165, 1.54) is 34.6 Å². The molecule has 7 heteroatoms. The van der Waals surface area contributed by atoms with Gasteiger partial charge in [0, 0.05) is 19.2 Å². The largest absolute Gasteiger partial charge is 0.346 e. The lowest BCUT2D eigenvalue weighted by Crippen LogP contribution is -2.30. The molecular weight excluding hydrogens is 379 g/mol. The smallest absolute Gasteiger partial charge is 0.244 e. The van der Waals surface area contributed by atoms with Crippen LogP contribution in [0.25, 0.3) is 6.08 Å². The molecule has 150 valence electrons. The molecule has 0 aliphatic rings. The van der Waals surface area contributed by atoms with Gasteiger partial charge in [-0.3, -0.25) is 4.79 Å². The van der Waals surface area contributed by atoms with Gasteiger partial charge in [0.25, 0.3) is 0 Å². The van der Waals surface area contributed by atoms with Crippen LogP contribution in [0.3, 0.4) is 0 Å². The van der Waals surface area contributed by atoms with Crippen LogP contribution < -0.4 is 5.32 Å². The predicted octanol–water partition coefficient (Wildman–Crippen LogP) is 3.75. The fourth-order valence-corrected chi connectivity index (χ4v) is 4.19. The summed E-state index contributed by atoms with van der Waals surface area (Å²) in [6, 6.07) is 12.1. The summed E-state index contributed by atoms with van der Waals surface area (Å²) in [5, 5.41) is 2.80. The molecule has 1 amide bonds. The van der Waals surface area contributed by atoms with Crippen LogP contribution in [-0.4, -0.2) is 31.7 Å². The van der Waals surface area contributed by atoms with E-state index in [4.69, 9.17) is 0 Å². The highest BCUT2D eigenvalue weighted by molar-refractivity contribution is 7.89. The Bertz CT molecular complexity index is 919. The zero-order chi connectivity index (χ0) is 20.7. The highest BCUT2D eigenvalue weighted by Crippen LogP contribution is 2.17. The van der Waals surface area contributed by atoms with Crippen molar-refractivity contribution in [1.29, 1.82) is 0 Å². The zero-order valence-corrected chi connectivity index (χ0v) is 17.0. The third-order valence-electron chi connectivity index (χ3n) is 4.38. The van der Waals surface area contributed by atoms with Crippen LogP contribution in [-0.2, 0) is 14.8 Å². The average Bonchev–Trinajstić information content (AvgIpc) is 2.68. The number of rotatable bonds is 8. The molecule has 0 spiro atoms. The van der Waals surface area contributed by atoms with Gasteiger partial charge >= 0.3 is 0 Å². The van der Waals surface area contributed by atoms with Crippen molar-refractivity contribution in [2.75, 3.05) is 13.1 Å². The SMILES string of the molecule is CCN(CC)S(=O)(=O)c1ccc(/C=C/C(=O)N[C@H](C)c2ccc(F)cc2)cc1. The van der Waals surface area contributed by atoms with Crippen molar-refractivity contribution < 1.29 is 17.6 Å². The monoisotopic (exact) mass is 404 g/mol. The Labute approximate surface area is 165 Å². The molecule has 0 aromatic heterocycles. The zero-order valence-electron chi connectivity index (χ0n) is 16.2. The Morgan fingerprint density at radius 2 is 1.64 bits per heavy atom. The Morgan fingerprint density at radius 1 is 1.07 bits per heavy atom. The molecule has 1 atom stereocenters. The summed E-state index contributed by atoms with van der Waals surface area (Å²) in [5.74, 6) is -0.620. The molecule has 0 bridgehead atoms. The van der Waals surface area contributed by atoms with Crippen LogP contribution in [0.5, 0.6) is 0 Å². The van der Waals surface area contributed by atoms with E-state index in [1.54, 1.807) is 44.2 Å². The lowest BCUT2D eigenvalue weighted by atomic mass is 10.1. The molecule has 0 fully saturated rings. The molecule has 5 nitrogen and oxygen atoms in total. The predicted molar refractivity (Wildman–Crippen MR) is 109 cm³/mol. The topological polar surface area (TPSA) is 66.5 Å². The summed E-state index contributed by atoms with van der Waals surface area (Å²) < 4.78 is 39.3. The summed E-state index contributed by atoms with van der Waals surface area (Å²) in [5.41, 5.74) is 1.51. The minimum Gasteiger partial charge on any atom is -0.346 e. The lowest BCUT2D eigenvalue weighted by molar-refractivity contribution is -0.117. The van der Waals surface area contributed by atoms with E-state index in [2.05, 4.69) is 5.32 Å². The van der Waals surface area contributed by atoms with Crippen LogP contribution in [0, 0.1) is 5.82 Å². The van der Waals surface area contributed by atoms with Gasteiger partial charge in [0.05, 0.1) is 10.9 Å². The van der Waals surface area contributed by atoms with E-state index in [1.807, 2.05) is 6.92 Å². The average molecular weight is 405 g/mol. The first kappa shape index (κ1) is 21.8. The molecule has 28 heavy (non-hydrogen) atoms. The highest BCUT2D eigenvalue weighted by atomic mass is 32.2. The first-order valence-electron chi connectivity index (χ1n) is 9.12. The maximum Gasteiger partial charge on any atom is 0.244 e. The van der Waals surface area contributed by atoms with E-state index < -0.39 is 10.0 Å². The number of halogens is 1. The number of hydrogen-bond donors (Lipinski definition) is 1. The van der Waals surface area contributed by atoms with Gasteiger partial charge in [-0.2, -0.15) is 4.31 Å². The number of benzene rings is 2. The second-order valence-electron chi connectivity index (χ2n) is 6.27. The quantitative estimate of drug-likeness (QED) is 0.682. The van der Waals surface area contributed by atoms with Gasteiger partial charge in [0.1, 0.15) is 5.82 Å². The number of nitrogens with zero attached hydrogens (tertiary/aromatic N) is 1. The lowest BCUT2D eigenvalue weighted by Gasteiger charge is -2.18. The number of nitrogens with one attached hydrogen (secondary N) is 1. The van der Waals surface area contributed by atoms with Gasteiger partial charge in [0.15, 0.2) is 0 Å². The molecule has 0 radical (unpaired) electrons. The van der Waals surface area contributed by atoms with Gasteiger partial charge in [-0.25, -0.2) is 12.8 Å². The highest BCUT2D eigenvalue weighted by Gasteiger charge is 2.20. The second kappa shape index (κ2) is 9.61. The van der Waals surface area contributed by atoms with Crippen molar-refractivity contribution >= 4 is 22.0 Å². The van der Waals surface area contributed by atoms with Crippen LogP contribution in [0.4, 0.5) is 4.39 Å². The third kappa shape index (κ3) is 5.50. The van der Waals surface area contributed by atoms with Crippen molar-refractivity contribution in [3.63, 3.8) is 0 Å². The minimum absolute atomic E-state index is 0.225. The first-order valence-corrected chi connectivity index (χ1v) is 10.6. The Kier molecular flexibility index (Phi) is 7.48. The molecule has 0 aliphatic heterocycles. The summed E-state index contributed by atoms with van der Waals surface area (Å²) in [7, 11) is -3.50. The number of carbonyl (C=O) groups excluding carboxylic acids is 1.